The predicted octanol–water partition coefficient (Wildman–Crippen LogP) is 2.06. The number of carbonyl (C=O) groups excluding carboxylic acids is 2. The standard InChI is InChI=1S/C17H27N3O4.ClH/c1-17(2,3)16(22)20-12-10-14(24-6)13(23-5)9-11(12)15(21)19-8-7-18-4;/h9-10,18H,7-8H2,1-6H3,(H,19,21)(H,20,22);1H. The van der Waals surface area contributed by atoms with Crippen molar-refractivity contribution in [2.45, 2.75) is 20.8 Å². The lowest BCUT2D eigenvalue weighted by Crippen LogP contribution is -2.32. The first-order valence-corrected chi connectivity index (χ1v) is 7.74. The Balaban J connectivity index is 0.00000576. The van der Waals surface area contributed by atoms with Gasteiger partial charge in [-0.2, -0.15) is 0 Å². The van der Waals surface area contributed by atoms with Gasteiger partial charge in [0, 0.05) is 24.6 Å². The van der Waals surface area contributed by atoms with Crippen LogP contribution in [0.5, 0.6) is 11.5 Å². The van der Waals surface area contributed by atoms with Crippen molar-refractivity contribution >= 4 is 29.9 Å². The van der Waals surface area contributed by atoms with Gasteiger partial charge in [-0.25, -0.2) is 0 Å². The zero-order valence-corrected chi connectivity index (χ0v) is 16.4. The first-order chi connectivity index (χ1) is 11.2. The number of anilines is 1. The number of ether oxygens (including phenoxy) is 2. The van der Waals surface area contributed by atoms with E-state index in [4.69, 9.17) is 9.47 Å². The van der Waals surface area contributed by atoms with Crippen molar-refractivity contribution < 1.29 is 19.1 Å². The van der Waals surface area contributed by atoms with Gasteiger partial charge in [0.05, 0.1) is 25.5 Å². The molecule has 0 radical (unpaired) electrons. The van der Waals surface area contributed by atoms with Crippen LogP contribution < -0.4 is 25.4 Å². The third-order valence-corrected chi connectivity index (χ3v) is 3.36. The molecule has 1 rings (SSSR count). The van der Waals surface area contributed by atoms with E-state index in [1.807, 2.05) is 0 Å². The van der Waals surface area contributed by atoms with Crippen molar-refractivity contribution in [1.29, 1.82) is 0 Å². The van der Waals surface area contributed by atoms with Crippen LogP contribution in [0.25, 0.3) is 0 Å². The van der Waals surface area contributed by atoms with Gasteiger partial charge in [0.2, 0.25) is 5.91 Å². The van der Waals surface area contributed by atoms with Crippen LogP contribution in [0.2, 0.25) is 0 Å². The Bertz CT molecular complexity index is 600. The van der Waals surface area contributed by atoms with Gasteiger partial charge in [-0.1, -0.05) is 20.8 Å². The molecule has 3 N–H and O–H groups in total. The molecule has 2 amide bonds. The number of likely N-dealkylation sites (N-methyl/N-ethyl adjacent to an activating group) is 1. The largest absolute Gasteiger partial charge is 0.493 e. The van der Waals surface area contributed by atoms with Gasteiger partial charge in [0.25, 0.3) is 5.91 Å². The summed E-state index contributed by atoms with van der Waals surface area (Å²) < 4.78 is 10.5. The molecular weight excluding hydrogens is 346 g/mol. The Morgan fingerprint density at radius 2 is 1.60 bits per heavy atom. The second-order valence-electron chi connectivity index (χ2n) is 6.32. The molecule has 8 heteroatoms. The molecule has 0 spiro atoms. The lowest BCUT2D eigenvalue weighted by atomic mass is 9.95. The van der Waals surface area contributed by atoms with Crippen LogP contribution in [0.1, 0.15) is 31.1 Å². The number of rotatable bonds is 7. The SMILES string of the molecule is CNCCNC(=O)c1cc(OC)c(OC)cc1NC(=O)C(C)(C)C.Cl. The highest BCUT2D eigenvalue weighted by Gasteiger charge is 2.24. The smallest absolute Gasteiger partial charge is 0.253 e. The molecule has 7 nitrogen and oxygen atoms in total. The molecule has 0 aromatic heterocycles. The topological polar surface area (TPSA) is 88.7 Å². The number of halogens is 1. The van der Waals surface area contributed by atoms with E-state index in [1.54, 1.807) is 40.0 Å². The molecule has 0 aliphatic heterocycles. The van der Waals surface area contributed by atoms with E-state index >= 15 is 0 Å². The van der Waals surface area contributed by atoms with Crippen LogP contribution in [0.4, 0.5) is 5.69 Å². The van der Waals surface area contributed by atoms with Gasteiger partial charge in [-0.3, -0.25) is 9.59 Å². The molecule has 1 aromatic carbocycles. The Morgan fingerprint density at radius 3 is 2.08 bits per heavy atom. The molecule has 0 aliphatic rings. The number of methoxy groups -OCH3 is 2. The number of benzene rings is 1. The van der Waals surface area contributed by atoms with Crippen LogP contribution >= 0.6 is 12.4 Å². The summed E-state index contributed by atoms with van der Waals surface area (Å²) in [5.41, 5.74) is 0.114. The fourth-order valence-corrected chi connectivity index (χ4v) is 1.88. The van der Waals surface area contributed by atoms with Crippen molar-refractivity contribution in [3.05, 3.63) is 17.7 Å². The summed E-state index contributed by atoms with van der Waals surface area (Å²) in [5, 5.41) is 8.54. The average Bonchev–Trinajstić information content (AvgIpc) is 2.53. The van der Waals surface area contributed by atoms with Gasteiger partial charge >= 0.3 is 0 Å². The molecule has 0 aliphatic carbocycles. The lowest BCUT2D eigenvalue weighted by molar-refractivity contribution is -0.123. The number of carbonyl (C=O) groups is 2. The quantitative estimate of drug-likeness (QED) is 0.637. The lowest BCUT2D eigenvalue weighted by Gasteiger charge is -2.20. The highest BCUT2D eigenvalue weighted by Crippen LogP contribution is 2.34. The molecule has 25 heavy (non-hydrogen) atoms. The van der Waals surface area contributed by atoms with E-state index in [9.17, 15) is 9.59 Å². The molecule has 0 fully saturated rings. The van der Waals surface area contributed by atoms with Crippen molar-refractivity contribution in [1.82, 2.24) is 10.6 Å². The maximum Gasteiger partial charge on any atom is 0.253 e. The summed E-state index contributed by atoms with van der Waals surface area (Å²) in [6.45, 7) is 6.51. The molecule has 142 valence electrons. The van der Waals surface area contributed by atoms with Crippen molar-refractivity contribution in [3.8, 4) is 11.5 Å². The highest BCUT2D eigenvalue weighted by atomic mass is 35.5. The molecule has 0 heterocycles. The minimum atomic E-state index is -0.590. The van der Waals surface area contributed by atoms with E-state index in [0.717, 1.165) is 0 Å². The van der Waals surface area contributed by atoms with Gasteiger partial charge < -0.3 is 25.4 Å². The third kappa shape index (κ3) is 6.43. The van der Waals surface area contributed by atoms with Gasteiger partial charge in [0.1, 0.15) is 0 Å². The summed E-state index contributed by atoms with van der Waals surface area (Å²) in [6, 6.07) is 3.15. The summed E-state index contributed by atoms with van der Waals surface area (Å²) in [6.07, 6.45) is 0. The summed E-state index contributed by atoms with van der Waals surface area (Å²) >= 11 is 0. The minimum Gasteiger partial charge on any atom is -0.493 e. The van der Waals surface area contributed by atoms with Crippen LogP contribution in [0.3, 0.4) is 0 Å². The van der Waals surface area contributed by atoms with Gasteiger partial charge in [-0.15, -0.1) is 12.4 Å². The summed E-state index contributed by atoms with van der Waals surface area (Å²) in [7, 11) is 4.80. The Kier molecular flexibility index (Phi) is 9.30. The molecule has 0 unspecified atom stereocenters. The first kappa shape index (κ1) is 23.0. The van der Waals surface area contributed by atoms with Crippen LogP contribution in [0, 0.1) is 5.41 Å². The summed E-state index contributed by atoms with van der Waals surface area (Å²) in [4.78, 5) is 24.8. The van der Waals surface area contributed by atoms with E-state index < -0.39 is 5.41 Å². The normalized spacial score (nSPS) is 10.5. The Morgan fingerprint density at radius 1 is 1.04 bits per heavy atom. The second kappa shape index (κ2) is 10.1. The van der Waals surface area contributed by atoms with Gasteiger partial charge in [-0.05, 0) is 13.1 Å². The minimum absolute atomic E-state index is 0. The van der Waals surface area contributed by atoms with Crippen molar-refractivity contribution in [2.75, 3.05) is 39.7 Å². The molecule has 1 aromatic rings. The molecule has 0 saturated carbocycles. The molecule has 0 bridgehead atoms. The molecule has 0 saturated heterocycles. The van der Waals surface area contributed by atoms with Crippen LogP contribution in [0.15, 0.2) is 12.1 Å². The van der Waals surface area contributed by atoms with Crippen LogP contribution in [-0.4, -0.2) is 46.2 Å². The van der Waals surface area contributed by atoms with Crippen molar-refractivity contribution in [3.63, 3.8) is 0 Å². The average molecular weight is 374 g/mol. The maximum absolute atomic E-state index is 12.5. The third-order valence-electron chi connectivity index (χ3n) is 3.36. The van der Waals surface area contributed by atoms with E-state index in [2.05, 4.69) is 16.0 Å². The second-order valence-corrected chi connectivity index (χ2v) is 6.32. The zero-order chi connectivity index (χ0) is 18.3. The monoisotopic (exact) mass is 373 g/mol. The fourth-order valence-electron chi connectivity index (χ4n) is 1.88. The van der Waals surface area contributed by atoms with Gasteiger partial charge in [0.15, 0.2) is 11.5 Å². The number of hydrogen-bond donors (Lipinski definition) is 3. The number of hydrogen-bond acceptors (Lipinski definition) is 5. The summed E-state index contributed by atoms with van der Waals surface area (Å²) in [5.74, 6) is 0.368. The Hall–Kier alpha value is -1.99. The molecular formula is C17H28ClN3O4. The van der Waals surface area contributed by atoms with Crippen molar-refractivity contribution in [2.24, 2.45) is 5.41 Å². The first-order valence-electron chi connectivity index (χ1n) is 7.74. The predicted molar refractivity (Wildman–Crippen MR) is 101 cm³/mol. The van der Waals surface area contributed by atoms with E-state index in [1.165, 1.54) is 14.2 Å². The zero-order valence-electron chi connectivity index (χ0n) is 15.6. The number of amides is 2. The number of nitrogens with one attached hydrogen (secondary N) is 3. The van der Waals surface area contributed by atoms with E-state index in [0.29, 0.717) is 35.8 Å². The van der Waals surface area contributed by atoms with E-state index in [-0.39, 0.29) is 24.2 Å². The van der Waals surface area contributed by atoms with Crippen LogP contribution in [-0.2, 0) is 4.79 Å². The maximum atomic E-state index is 12.5. The Labute approximate surface area is 155 Å². The fraction of sp³-hybridized carbons (Fsp3) is 0.529. The molecule has 0 atom stereocenters. The highest BCUT2D eigenvalue weighted by molar-refractivity contribution is 6.05.